The molecule has 0 aliphatic heterocycles. The summed E-state index contributed by atoms with van der Waals surface area (Å²) in [6, 6.07) is 7.72. The fourth-order valence-electron chi connectivity index (χ4n) is 2.65. The van der Waals surface area contributed by atoms with Crippen molar-refractivity contribution in [3.8, 4) is 5.75 Å². The number of carbonyl (C=O) groups excluding carboxylic acids is 1. The van der Waals surface area contributed by atoms with Gasteiger partial charge in [-0.15, -0.1) is 0 Å². The van der Waals surface area contributed by atoms with Gasteiger partial charge in [-0.3, -0.25) is 19.6 Å². The third-order valence-corrected chi connectivity index (χ3v) is 4.28. The number of furan rings is 1. The normalized spacial score (nSPS) is 10.7. The molecule has 3 rings (SSSR count). The number of benzene rings is 1. The Morgan fingerprint density at radius 1 is 1.38 bits per heavy atom. The molecule has 10 heteroatoms. The number of amides is 1. The van der Waals surface area contributed by atoms with Crippen molar-refractivity contribution < 1.29 is 18.9 Å². The van der Waals surface area contributed by atoms with Crippen LogP contribution in [0.2, 0.25) is 5.02 Å². The highest BCUT2D eigenvalue weighted by Crippen LogP contribution is 2.24. The topological polar surface area (TPSA) is 112 Å². The molecule has 0 aliphatic carbocycles. The highest BCUT2D eigenvalue weighted by atomic mass is 35.5. The Labute approximate surface area is 171 Å². The van der Waals surface area contributed by atoms with Gasteiger partial charge in [0.05, 0.1) is 16.1 Å². The van der Waals surface area contributed by atoms with Crippen LogP contribution in [0.25, 0.3) is 0 Å². The van der Waals surface area contributed by atoms with Gasteiger partial charge in [0.25, 0.3) is 11.6 Å². The number of aryl methyl sites for hydroxylation is 2. The number of carbonyl (C=O) groups is 1. The molecule has 0 atom stereocenters. The van der Waals surface area contributed by atoms with Crippen molar-refractivity contribution in [3.05, 3.63) is 74.9 Å². The summed E-state index contributed by atoms with van der Waals surface area (Å²) in [6.07, 6.45) is 3.97. The third-order valence-electron chi connectivity index (χ3n) is 4.08. The van der Waals surface area contributed by atoms with Crippen LogP contribution in [0.1, 0.15) is 28.3 Å². The number of nitro groups is 1. The molecule has 9 nitrogen and oxygen atoms in total. The van der Waals surface area contributed by atoms with E-state index >= 15 is 0 Å². The summed E-state index contributed by atoms with van der Waals surface area (Å²) < 4.78 is 12.8. The highest BCUT2D eigenvalue weighted by molar-refractivity contribution is 6.30. The summed E-state index contributed by atoms with van der Waals surface area (Å²) in [5.41, 5.74) is 0.536. The minimum atomic E-state index is -0.444. The van der Waals surface area contributed by atoms with Crippen LogP contribution in [0.5, 0.6) is 5.75 Å². The molecule has 0 unspecified atom stereocenters. The molecule has 2 aromatic heterocycles. The van der Waals surface area contributed by atoms with Crippen molar-refractivity contribution in [2.24, 2.45) is 0 Å². The number of aromatic nitrogens is 2. The Bertz CT molecular complexity index is 1010. The van der Waals surface area contributed by atoms with E-state index in [1.165, 1.54) is 12.1 Å². The number of ether oxygens (including phenoxy) is 1. The molecule has 29 heavy (non-hydrogen) atoms. The van der Waals surface area contributed by atoms with E-state index in [9.17, 15) is 14.9 Å². The molecule has 0 saturated carbocycles. The van der Waals surface area contributed by atoms with Crippen molar-refractivity contribution in [2.75, 3.05) is 6.54 Å². The second-order valence-electron chi connectivity index (χ2n) is 6.29. The predicted molar refractivity (Wildman–Crippen MR) is 105 cm³/mol. The molecule has 0 fully saturated rings. The zero-order chi connectivity index (χ0) is 20.8. The monoisotopic (exact) mass is 418 g/mol. The molecule has 152 valence electrons. The SMILES string of the molecule is Cc1cc(OCc2ccc(C(=O)NCCCn3cc(Cl)cn3)o2)ccc1[N+](=O)[O-]. The van der Waals surface area contributed by atoms with Crippen molar-refractivity contribution in [1.29, 1.82) is 0 Å². The fraction of sp³-hybridized carbons (Fsp3) is 0.263. The molecule has 0 bridgehead atoms. The van der Waals surface area contributed by atoms with Gasteiger partial charge in [-0.1, -0.05) is 11.6 Å². The molecule has 1 amide bonds. The van der Waals surface area contributed by atoms with Gasteiger partial charge < -0.3 is 14.5 Å². The van der Waals surface area contributed by atoms with Crippen LogP contribution >= 0.6 is 11.6 Å². The number of nitrogens with one attached hydrogen (secondary N) is 1. The van der Waals surface area contributed by atoms with Crippen molar-refractivity contribution in [1.82, 2.24) is 15.1 Å². The lowest BCUT2D eigenvalue weighted by Gasteiger charge is -2.06. The van der Waals surface area contributed by atoms with E-state index in [4.69, 9.17) is 20.8 Å². The Balaban J connectivity index is 1.45. The lowest BCUT2D eigenvalue weighted by Crippen LogP contribution is -2.24. The van der Waals surface area contributed by atoms with E-state index in [0.29, 0.717) is 41.6 Å². The molecule has 1 N–H and O–H groups in total. The van der Waals surface area contributed by atoms with Gasteiger partial charge in [0, 0.05) is 30.9 Å². The van der Waals surface area contributed by atoms with E-state index < -0.39 is 4.92 Å². The maximum absolute atomic E-state index is 12.1. The smallest absolute Gasteiger partial charge is 0.286 e. The summed E-state index contributed by atoms with van der Waals surface area (Å²) in [4.78, 5) is 22.5. The first-order valence-electron chi connectivity index (χ1n) is 8.85. The van der Waals surface area contributed by atoms with Gasteiger partial charge in [0.15, 0.2) is 5.76 Å². The van der Waals surface area contributed by atoms with Gasteiger partial charge in [-0.05, 0) is 37.6 Å². The van der Waals surface area contributed by atoms with Gasteiger partial charge in [-0.2, -0.15) is 5.10 Å². The second-order valence-corrected chi connectivity index (χ2v) is 6.73. The van der Waals surface area contributed by atoms with Gasteiger partial charge in [0.1, 0.15) is 18.1 Å². The zero-order valence-electron chi connectivity index (χ0n) is 15.6. The predicted octanol–water partition coefficient (Wildman–Crippen LogP) is 3.75. The lowest BCUT2D eigenvalue weighted by atomic mass is 10.2. The number of nitro benzene ring substituents is 1. The van der Waals surface area contributed by atoms with Crippen molar-refractivity contribution >= 4 is 23.2 Å². The number of halogens is 1. The van der Waals surface area contributed by atoms with Crippen molar-refractivity contribution in [3.63, 3.8) is 0 Å². The highest BCUT2D eigenvalue weighted by Gasteiger charge is 2.13. The Hall–Kier alpha value is -3.33. The molecule has 3 aromatic rings. The Kier molecular flexibility index (Phi) is 6.50. The third kappa shape index (κ3) is 5.58. The first kappa shape index (κ1) is 20.4. The second kappa shape index (κ2) is 9.24. The van der Waals surface area contributed by atoms with Crippen LogP contribution in [0.15, 0.2) is 47.1 Å². The largest absolute Gasteiger partial charge is 0.486 e. The number of nitrogens with zero attached hydrogens (tertiary/aromatic N) is 3. The molecule has 0 aliphatic rings. The van der Waals surface area contributed by atoms with Crippen LogP contribution < -0.4 is 10.1 Å². The van der Waals surface area contributed by atoms with Gasteiger partial charge >= 0.3 is 0 Å². The molecule has 0 spiro atoms. The Morgan fingerprint density at radius 2 is 2.21 bits per heavy atom. The average molecular weight is 419 g/mol. The molecule has 0 saturated heterocycles. The van der Waals surface area contributed by atoms with Crippen LogP contribution in [-0.2, 0) is 13.2 Å². The van der Waals surface area contributed by atoms with E-state index in [1.807, 2.05) is 0 Å². The molecule has 0 radical (unpaired) electrons. The quantitative estimate of drug-likeness (QED) is 0.321. The summed E-state index contributed by atoms with van der Waals surface area (Å²) >= 11 is 5.80. The maximum Gasteiger partial charge on any atom is 0.286 e. The van der Waals surface area contributed by atoms with Crippen LogP contribution in [-0.4, -0.2) is 27.2 Å². The fourth-order valence-corrected chi connectivity index (χ4v) is 2.80. The molecular weight excluding hydrogens is 400 g/mol. The van der Waals surface area contributed by atoms with Crippen LogP contribution in [0.4, 0.5) is 5.69 Å². The van der Waals surface area contributed by atoms with E-state index in [1.54, 1.807) is 42.2 Å². The minimum Gasteiger partial charge on any atom is -0.486 e. The molecular formula is C19H19ClN4O5. The van der Waals surface area contributed by atoms with Crippen LogP contribution in [0, 0.1) is 17.0 Å². The van der Waals surface area contributed by atoms with Gasteiger partial charge in [0.2, 0.25) is 0 Å². The first-order valence-corrected chi connectivity index (χ1v) is 9.23. The summed E-state index contributed by atoms with van der Waals surface area (Å²) in [5.74, 6) is 0.818. The van der Waals surface area contributed by atoms with E-state index in [-0.39, 0.29) is 24.0 Å². The summed E-state index contributed by atoms with van der Waals surface area (Å²) in [6.45, 7) is 2.84. The Morgan fingerprint density at radius 3 is 2.90 bits per heavy atom. The molecule has 2 heterocycles. The maximum atomic E-state index is 12.1. The van der Waals surface area contributed by atoms with Gasteiger partial charge in [-0.25, -0.2) is 0 Å². The number of hydrogen-bond donors (Lipinski definition) is 1. The molecule has 1 aromatic carbocycles. The first-order chi connectivity index (χ1) is 13.9. The van der Waals surface area contributed by atoms with Crippen molar-refractivity contribution in [2.45, 2.75) is 26.5 Å². The number of rotatable bonds is 9. The summed E-state index contributed by atoms with van der Waals surface area (Å²) in [7, 11) is 0. The zero-order valence-corrected chi connectivity index (χ0v) is 16.4. The standard InChI is InChI=1S/C19H19ClN4O5/c1-13-9-15(3-5-17(13)24(26)27)28-12-16-4-6-18(29-16)19(25)21-7-2-8-23-11-14(20)10-22-23/h3-6,9-11H,2,7-8,12H2,1H3,(H,21,25). The van der Waals surface area contributed by atoms with Crippen LogP contribution in [0.3, 0.4) is 0 Å². The minimum absolute atomic E-state index is 0.0324. The number of hydrogen-bond acceptors (Lipinski definition) is 6. The summed E-state index contributed by atoms with van der Waals surface area (Å²) in [5, 5.41) is 18.3. The lowest BCUT2D eigenvalue weighted by molar-refractivity contribution is -0.385. The van der Waals surface area contributed by atoms with E-state index in [2.05, 4.69) is 10.4 Å². The average Bonchev–Trinajstić information content (AvgIpc) is 3.32. The van der Waals surface area contributed by atoms with E-state index in [0.717, 1.165) is 0 Å².